The summed E-state index contributed by atoms with van der Waals surface area (Å²) in [5, 5.41) is 7.31. The summed E-state index contributed by atoms with van der Waals surface area (Å²) in [7, 11) is 0. The van der Waals surface area contributed by atoms with Crippen LogP contribution >= 0.6 is 24.0 Å². The molecule has 2 nitrogen and oxygen atoms in total. The molecule has 0 aliphatic rings. The number of hydrogen-bond donors (Lipinski definition) is 2. The zero-order valence-corrected chi connectivity index (χ0v) is 19.7. The Bertz CT molecular complexity index is 943. The lowest BCUT2D eigenvalue weighted by molar-refractivity contribution is 0.589. The summed E-state index contributed by atoms with van der Waals surface area (Å²) in [6.07, 6.45) is 0. The van der Waals surface area contributed by atoms with Crippen LogP contribution in [0, 0.1) is 0 Å². The molecule has 0 spiro atoms. The number of thiocarbonyl (C=S) groups is 1. The molecule has 0 radical (unpaired) electrons. The van der Waals surface area contributed by atoms with Gasteiger partial charge in [-0.1, -0.05) is 75.4 Å². The van der Waals surface area contributed by atoms with Crippen molar-refractivity contribution < 1.29 is 0 Å². The van der Waals surface area contributed by atoms with E-state index in [1.165, 1.54) is 21.6 Å². The molecule has 0 fully saturated rings. The quantitative estimate of drug-likeness (QED) is 0.313. The van der Waals surface area contributed by atoms with Gasteiger partial charge in [-0.3, -0.25) is 0 Å². The third-order valence-corrected chi connectivity index (χ3v) is 6.29. The molecular weight excluding hydrogens is 404 g/mol. The second kappa shape index (κ2) is 10.1. The molecule has 156 valence electrons. The van der Waals surface area contributed by atoms with Gasteiger partial charge in [0.1, 0.15) is 0 Å². The molecule has 0 aliphatic heterocycles. The van der Waals surface area contributed by atoms with E-state index in [-0.39, 0.29) is 11.5 Å². The summed E-state index contributed by atoms with van der Waals surface area (Å²) >= 11 is 7.36. The molecule has 1 atom stereocenters. The Labute approximate surface area is 190 Å². The van der Waals surface area contributed by atoms with Gasteiger partial charge in [-0.25, -0.2) is 0 Å². The first-order chi connectivity index (χ1) is 14.3. The van der Waals surface area contributed by atoms with E-state index < -0.39 is 0 Å². The topological polar surface area (TPSA) is 24.1 Å². The molecule has 0 heterocycles. The Morgan fingerprint density at radius 2 is 1.53 bits per heavy atom. The second-order valence-corrected chi connectivity index (χ2v) is 9.95. The van der Waals surface area contributed by atoms with Crippen LogP contribution in [0.3, 0.4) is 0 Å². The van der Waals surface area contributed by atoms with Gasteiger partial charge in [0.2, 0.25) is 0 Å². The lowest BCUT2D eigenvalue weighted by Crippen LogP contribution is -2.30. The average Bonchev–Trinajstić information content (AvgIpc) is 2.73. The fraction of sp³-hybridized carbons (Fsp3) is 0.269. The maximum absolute atomic E-state index is 5.52. The van der Waals surface area contributed by atoms with E-state index >= 15 is 0 Å². The van der Waals surface area contributed by atoms with Crippen LogP contribution in [-0.2, 0) is 11.2 Å². The summed E-state index contributed by atoms with van der Waals surface area (Å²) in [4.78, 5) is 1.29. The van der Waals surface area contributed by atoms with Crippen LogP contribution in [0.4, 0.5) is 5.69 Å². The van der Waals surface area contributed by atoms with Crippen LogP contribution in [0.2, 0.25) is 0 Å². The van der Waals surface area contributed by atoms with Gasteiger partial charge < -0.3 is 10.6 Å². The fourth-order valence-electron chi connectivity index (χ4n) is 3.09. The highest BCUT2D eigenvalue weighted by Gasteiger charge is 2.14. The van der Waals surface area contributed by atoms with Crippen molar-refractivity contribution >= 4 is 34.8 Å². The highest BCUT2D eigenvalue weighted by atomic mass is 32.2. The largest absolute Gasteiger partial charge is 0.356 e. The molecule has 3 aromatic carbocycles. The third kappa shape index (κ3) is 6.61. The summed E-state index contributed by atoms with van der Waals surface area (Å²) in [6.45, 7) is 8.82. The lowest BCUT2D eigenvalue weighted by atomic mass is 9.86. The minimum atomic E-state index is 0.139. The Morgan fingerprint density at radius 1 is 0.900 bits per heavy atom. The molecule has 0 saturated carbocycles. The SMILES string of the molecule is C[C@H](NC(=S)Nc1ccc(CSc2ccccc2)cc1)c1ccc(C(C)(C)C)cc1. The minimum absolute atomic E-state index is 0.139. The molecule has 30 heavy (non-hydrogen) atoms. The molecule has 0 aromatic heterocycles. The first-order valence-corrected chi connectivity index (χ1v) is 11.7. The van der Waals surface area contributed by atoms with Gasteiger partial charge in [0.25, 0.3) is 0 Å². The van der Waals surface area contributed by atoms with Crippen LogP contribution in [0.5, 0.6) is 0 Å². The van der Waals surface area contributed by atoms with Crippen molar-refractivity contribution in [3.8, 4) is 0 Å². The average molecular weight is 435 g/mol. The molecule has 0 unspecified atom stereocenters. The monoisotopic (exact) mass is 434 g/mol. The van der Waals surface area contributed by atoms with E-state index in [4.69, 9.17) is 12.2 Å². The maximum atomic E-state index is 5.52. The highest BCUT2D eigenvalue weighted by molar-refractivity contribution is 7.98. The first-order valence-electron chi connectivity index (χ1n) is 10.3. The summed E-state index contributed by atoms with van der Waals surface area (Å²) in [5.41, 5.74) is 5.01. The Balaban J connectivity index is 1.50. The zero-order chi connectivity index (χ0) is 21.6. The molecule has 0 aliphatic carbocycles. The fourth-order valence-corrected chi connectivity index (χ4v) is 4.26. The van der Waals surface area contributed by atoms with Crippen molar-refractivity contribution in [2.45, 2.75) is 49.8 Å². The lowest BCUT2D eigenvalue weighted by Gasteiger charge is -2.21. The normalized spacial score (nSPS) is 12.3. The van der Waals surface area contributed by atoms with Crippen molar-refractivity contribution in [2.75, 3.05) is 5.32 Å². The predicted molar refractivity (Wildman–Crippen MR) is 135 cm³/mol. The number of rotatable bonds is 6. The van der Waals surface area contributed by atoms with E-state index in [1.807, 2.05) is 17.8 Å². The van der Waals surface area contributed by atoms with E-state index in [1.54, 1.807) is 0 Å². The van der Waals surface area contributed by atoms with Gasteiger partial charge in [-0.15, -0.1) is 11.8 Å². The van der Waals surface area contributed by atoms with Gasteiger partial charge in [-0.2, -0.15) is 0 Å². The molecule has 3 aromatic rings. The first kappa shape index (κ1) is 22.4. The molecular formula is C26H30N2S2. The molecule has 0 bridgehead atoms. The van der Waals surface area contributed by atoms with E-state index in [0.717, 1.165) is 11.4 Å². The standard InChI is InChI=1S/C26H30N2S2/c1-19(21-12-14-22(15-13-21)26(2,3)4)27-25(29)28-23-16-10-20(11-17-23)18-30-24-8-6-5-7-9-24/h5-17,19H,18H2,1-4H3,(H2,27,28,29)/t19-/m0/s1. The minimum Gasteiger partial charge on any atom is -0.356 e. The summed E-state index contributed by atoms with van der Waals surface area (Å²) in [6, 6.07) is 27.8. The van der Waals surface area contributed by atoms with Gasteiger partial charge in [0, 0.05) is 16.3 Å². The second-order valence-electron chi connectivity index (χ2n) is 8.49. The highest BCUT2D eigenvalue weighted by Crippen LogP contribution is 2.25. The Hall–Kier alpha value is -2.30. The maximum Gasteiger partial charge on any atom is 0.171 e. The van der Waals surface area contributed by atoms with Crippen molar-refractivity contribution in [1.29, 1.82) is 0 Å². The summed E-state index contributed by atoms with van der Waals surface area (Å²) < 4.78 is 0. The van der Waals surface area contributed by atoms with E-state index in [0.29, 0.717) is 5.11 Å². The molecule has 0 saturated heterocycles. The van der Waals surface area contributed by atoms with Crippen molar-refractivity contribution in [3.63, 3.8) is 0 Å². The predicted octanol–water partition coefficient (Wildman–Crippen LogP) is 7.32. The van der Waals surface area contributed by atoms with E-state index in [2.05, 4.69) is 111 Å². The number of hydrogen-bond acceptors (Lipinski definition) is 2. The Kier molecular flexibility index (Phi) is 7.57. The van der Waals surface area contributed by atoms with Crippen molar-refractivity contribution in [1.82, 2.24) is 5.32 Å². The van der Waals surface area contributed by atoms with Gasteiger partial charge in [0.05, 0.1) is 6.04 Å². The smallest absolute Gasteiger partial charge is 0.171 e. The van der Waals surface area contributed by atoms with Gasteiger partial charge >= 0.3 is 0 Å². The summed E-state index contributed by atoms with van der Waals surface area (Å²) in [5.74, 6) is 0.953. The van der Waals surface area contributed by atoms with Crippen LogP contribution in [0.15, 0.2) is 83.8 Å². The third-order valence-electron chi connectivity index (χ3n) is 4.98. The van der Waals surface area contributed by atoms with Crippen LogP contribution in [0.1, 0.15) is 50.4 Å². The zero-order valence-electron chi connectivity index (χ0n) is 18.1. The van der Waals surface area contributed by atoms with Crippen molar-refractivity contribution in [2.24, 2.45) is 0 Å². The Morgan fingerprint density at radius 3 is 2.13 bits per heavy atom. The molecule has 2 N–H and O–H groups in total. The number of benzene rings is 3. The van der Waals surface area contributed by atoms with E-state index in [9.17, 15) is 0 Å². The number of nitrogens with one attached hydrogen (secondary N) is 2. The number of thioether (sulfide) groups is 1. The van der Waals surface area contributed by atoms with Gasteiger partial charge in [-0.05, 0) is 65.5 Å². The van der Waals surface area contributed by atoms with Crippen LogP contribution in [-0.4, -0.2) is 5.11 Å². The molecule has 4 heteroatoms. The molecule has 3 rings (SSSR count). The van der Waals surface area contributed by atoms with Crippen LogP contribution in [0.25, 0.3) is 0 Å². The molecule has 0 amide bonds. The number of anilines is 1. The van der Waals surface area contributed by atoms with Crippen LogP contribution < -0.4 is 10.6 Å². The van der Waals surface area contributed by atoms with Gasteiger partial charge in [0.15, 0.2) is 5.11 Å². The van der Waals surface area contributed by atoms with Crippen molar-refractivity contribution in [3.05, 3.63) is 95.6 Å².